The molecule has 1 heterocycles. The summed E-state index contributed by atoms with van der Waals surface area (Å²) >= 11 is 0. The van der Waals surface area contributed by atoms with E-state index < -0.39 is 0 Å². The van der Waals surface area contributed by atoms with Crippen molar-refractivity contribution in [2.45, 2.75) is 5.54 Å². The van der Waals surface area contributed by atoms with Gasteiger partial charge in [0, 0.05) is 0 Å². The molecule has 1 fully saturated rings. The molecule has 0 radical (unpaired) electrons. The fraction of sp³-hybridized carbons (Fsp3) is 1.00. The number of aliphatic hydroxyl groups is 1. The van der Waals surface area contributed by atoms with E-state index in [-0.39, 0.29) is 12.1 Å². The Hall–Kier alpha value is -0.120. The Morgan fingerprint density at radius 2 is 2.11 bits per heavy atom. The molecule has 3 heteroatoms. The molecule has 0 amide bonds. The zero-order valence-corrected chi connectivity index (χ0v) is 5.92. The predicted molar refractivity (Wildman–Crippen MR) is 34.3 cm³/mol. The molecule has 3 nitrogen and oxygen atoms in total. The lowest BCUT2D eigenvalue weighted by atomic mass is 9.98. The van der Waals surface area contributed by atoms with E-state index in [0.717, 1.165) is 0 Å². The number of hydrogen-bond acceptors (Lipinski definition) is 3. The second kappa shape index (κ2) is 2.25. The maximum Gasteiger partial charge on any atom is 0.0907 e. The van der Waals surface area contributed by atoms with Gasteiger partial charge in [-0.25, -0.2) is 0 Å². The first-order valence-corrected chi connectivity index (χ1v) is 3.07. The number of hydrogen-bond donors (Lipinski definition) is 1. The number of ether oxygens (including phenoxy) is 1. The number of nitrogens with zero attached hydrogens (tertiary/aromatic N) is 1. The van der Waals surface area contributed by atoms with E-state index in [1.54, 1.807) is 0 Å². The standard InChI is InChI=1S/C6H13NO2/c1-7(2)6(3-8)4-9-5-6/h8H,3-5H2,1-2H3. The van der Waals surface area contributed by atoms with Crippen molar-refractivity contribution in [3.8, 4) is 0 Å². The van der Waals surface area contributed by atoms with E-state index >= 15 is 0 Å². The van der Waals surface area contributed by atoms with Gasteiger partial charge in [-0.1, -0.05) is 0 Å². The summed E-state index contributed by atoms with van der Waals surface area (Å²) in [7, 11) is 3.91. The van der Waals surface area contributed by atoms with Gasteiger partial charge in [0.15, 0.2) is 0 Å². The second-order valence-corrected chi connectivity index (χ2v) is 2.77. The Balaban J connectivity index is 2.46. The first kappa shape index (κ1) is 6.99. The van der Waals surface area contributed by atoms with Gasteiger partial charge in [0.25, 0.3) is 0 Å². The van der Waals surface area contributed by atoms with Crippen LogP contribution in [0.4, 0.5) is 0 Å². The molecular formula is C6H13NO2. The lowest BCUT2D eigenvalue weighted by Crippen LogP contribution is -2.62. The van der Waals surface area contributed by atoms with Crippen molar-refractivity contribution in [1.29, 1.82) is 0 Å². The van der Waals surface area contributed by atoms with Gasteiger partial charge >= 0.3 is 0 Å². The molecule has 1 saturated heterocycles. The summed E-state index contributed by atoms with van der Waals surface area (Å²) in [5, 5.41) is 8.89. The van der Waals surface area contributed by atoms with Crippen LogP contribution < -0.4 is 0 Å². The molecule has 1 aliphatic heterocycles. The van der Waals surface area contributed by atoms with Crippen molar-refractivity contribution >= 4 is 0 Å². The highest BCUT2D eigenvalue weighted by molar-refractivity contribution is 4.93. The van der Waals surface area contributed by atoms with Gasteiger partial charge in [0.05, 0.1) is 25.4 Å². The number of aliphatic hydroxyl groups excluding tert-OH is 1. The predicted octanol–water partition coefficient (Wildman–Crippen LogP) is -0.691. The Kier molecular flexibility index (Phi) is 1.75. The van der Waals surface area contributed by atoms with Gasteiger partial charge < -0.3 is 9.84 Å². The molecule has 54 valence electrons. The molecule has 0 aliphatic carbocycles. The van der Waals surface area contributed by atoms with Crippen LogP contribution in [0.15, 0.2) is 0 Å². The van der Waals surface area contributed by atoms with Crippen molar-refractivity contribution in [2.24, 2.45) is 0 Å². The smallest absolute Gasteiger partial charge is 0.0907 e. The first-order valence-electron chi connectivity index (χ1n) is 3.07. The molecule has 0 spiro atoms. The molecule has 0 aromatic rings. The van der Waals surface area contributed by atoms with Crippen LogP contribution >= 0.6 is 0 Å². The third kappa shape index (κ3) is 0.956. The summed E-state index contributed by atoms with van der Waals surface area (Å²) in [5.74, 6) is 0. The van der Waals surface area contributed by atoms with Gasteiger partial charge in [0.2, 0.25) is 0 Å². The highest BCUT2D eigenvalue weighted by Crippen LogP contribution is 2.20. The van der Waals surface area contributed by atoms with Crippen molar-refractivity contribution in [1.82, 2.24) is 4.90 Å². The average Bonchev–Trinajstić information content (AvgIpc) is 1.62. The Labute approximate surface area is 55.2 Å². The normalized spacial score (nSPS) is 24.0. The van der Waals surface area contributed by atoms with E-state index in [0.29, 0.717) is 13.2 Å². The molecule has 1 rings (SSSR count). The molecule has 1 aliphatic rings. The first-order chi connectivity index (χ1) is 4.21. The minimum Gasteiger partial charge on any atom is -0.394 e. The fourth-order valence-electron chi connectivity index (χ4n) is 0.829. The van der Waals surface area contributed by atoms with Crippen LogP contribution in [0.3, 0.4) is 0 Å². The van der Waals surface area contributed by atoms with Crippen molar-refractivity contribution in [2.75, 3.05) is 33.9 Å². The van der Waals surface area contributed by atoms with Crippen LogP contribution in [0.25, 0.3) is 0 Å². The summed E-state index contributed by atoms with van der Waals surface area (Å²) in [6.07, 6.45) is 0. The summed E-state index contributed by atoms with van der Waals surface area (Å²) in [6, 6.07) is 0. The SMILES string of the molecule is CN(C)C1(CO)COC1. The zero-order valence-electron chi connectivity index (χ0n) is 5.92. The van der Waals surface area contributed by atoms with Crippen molar-refractivity contribution in [3.63, 3.8) is 0 Å². The largest absolute Gasteiger partial charge is 0.394 e. The molecule has 0 aromatic heterocycles. The minimum absolute atomic E-state index is 0.0694. The lowest BCUT2D eigenvalue weighted by molar-refractivity contribution is -0.145. The van der Waals surface area contributed by atoms with Gasteiger partial charge in [-0.2, -0.15) is 0 Å². The summed E-state index contributed by atoms with van der Waals surface area (Å²) in [5.41, 5.74) is -0.0694. The Bertz CT molecular complexity index is 93.7. The molecule has 0 bridgehead atoms. The highest BCUT2D eigenvalue weighted by atomic mass is 16.5. The topological polar surface area (TPSA) is 32.7 Å². The van der Waals surface area contributed by atoms with E-state index in [1.807, 2.05) is 19.0 Å². The van der Waals surface area contributed by atoms with E-state index in [2.05, 4.69) is 0 Å². The number of likely N-dealkylation sites (N-methyl/N-ethyl adjacent to an activating group) is 1. The maximum absolute atomic E-state index is 8.89. The van der Waals surface area contributed by atoms with Crippen LogP contribution in [0.2, 0.25) is 0 Å². The fourth-order valence-corrected chi connectivity index (χ4v) is 0.829. The Morgan fingerprint density at radius 3 is 2.11 bits per heavy atom. The van der Waals surface area contributed by atoms with E-state index in [9.17, 15) is 0 Å². The lowest BCUT2D eigenvalue weighted by Gasteiger charge is -2.45. The van der Waals surface area contributed by atoms with Gasteiger partial charge in [-0.05, 0) is 14.1 Å². The molecule has 0 unspecified atom stereocenters. The van der Waals surface area contributed by atoms with Crippen LogP contribution in [0.5, 0.6) is 0 Å². The summed E-state index contributed by atoms with van der Waals surface area (Å²) < 4.78 is 4.99. The molecule has 0 saturated carbocycles. The van der Waals surface area contributed by atoms with Crippen LogP contribution in [-0.4, -0.2) is 49.5 Å². The van der Waals surface area contributed by atoms with E-state index in [4.69, 9.17) is 9.84 Å². The summed E-state index contributed by atoms with van der Waals surface area (Å²) in [6.45, 7) is 1.52. The monoisotopic (exact) mass is 131 g/mol. The third-order valence-corrected chi connectivity index (χ3v) is 1.98. The number of rotatable bonds is 2. The minimum atomic E-state index is -0.0694. The van der Waals surface area contributed by atoms with Crippen LogP contribution in [0.1, 0.15) is 0 Å². The van der Waals surface area contributed by atoms with Gasteiger partial charge in [-0.3, -0.25) is 4.90 Å². The average molecular weight is 131 g/mol. The van der Waals surface area contributed by atoms with E-state index in [1.165, 1.54) is 0 Å². The van der Waals surface area contributed by atoms with Gasteiger partial charge in [-0.15, -0.1) is 0 Å². The molecule has 0 aromatic carbocycles. The summed E-state index contributed by atoms with van der Waals surface area (Å²) in [4.78, 5) is 2.01. The Morgan fingerprint density at radius 1 is 1.56 bits per heavy atom. The second-order valence-electron chi connectivity index (χ2n) is 2.77. The van der Waals surface area contributed by atoms with Crippen LogP contribution in [0, 0.1) is 0 Å². The van der Waals surface area contributed by atoms with Crippen molar-refractivity contribution in [3.05, 3.63) is 0 Å². The molecule has 9 heavy (non-hydrogen) atoms. The quantitative estimate of drug-likeness (QED) is 0.538. The zero-order chi connectivity index (χ0) is 6.91. The molecular weight excluding hydrogens is 118 g/mol. The third-order valence-electron chi connectivity index (χ3n) is 1.98. The van der Waals surface area contributed by atoms with Crippen LogP contribution in [-0.2, 0) is 4.74 Å². The molecule has 0 atom stereocenters. The highest BCUT2D eigenvalue weighted by Gasteiger charge is 2.39. The van der Waals surface area contributed by atoms with Gasteiger partial charge in [0.1, 0.15) is 0 Å². The maximum atomic E-state index is 8.89. The molecule has 1 N–H and O–H groups in total. The van der Waals surface area contributed by atoms with Crippen molar-refractivity contribution < 1.29 is 9.84 Å².